The molecule has 0 saturated heterocycles. The number of carbonyl (C=O) groups excluding carboxylic acids is 1. The second-order valence-electron chi connectivity index (χ2n) is 7.75. The molecule has 4 aromatic rings. The lowest BCUT2D eigenvalue weighted by Gasteiger charge is -2.11. The number of hydrogen-bond donors (Lipinski definition) is 2. The monoisotopic (exact) mass is 480 g/mol. The normalized spacial score (nSPS) is 11.6. The Morgan fingerprint density at radius 2 is 1.85 bits per heavy atom. The standard InChI is InChI=1S/C24H24N4O3S2/c1-17(2)27-33(30,31)20-11-6-8-18(14-20)15-25-24(29)21-16-28(19-9-4-3-5-10-19)26-23(21)22-12-7-13-32-22/h3-14,16-17,27H,15H2,1-2H3,(H,25,29). The van der Waals surface area contributed by atoms with Gasteiger partial charge in [0.05, 0.1) is 21.0 Å². The van der Waals surface area contributed by atoms with Crippen molar-refractivity contribution >= 4 is 27.3 Å². The molecule has 0 aliphatic heterocycles. The average molecular weight is 481 g/mol. The van der Waals surface area contributed by atoms with Crippen LogP contribution in [0.3, 0.4) is 0 Å². The first kappa shape index (κ1) is 22.9. The lowest BCUT2D eigenvalue weighted by molar-refractivity contribution is 0.0951. The molecule has 0 aliphatic carbocycles. The van der Waals surface area contributed by atoms with Crippen molar-refractivity contribution in [2.75, 3.05) is 0 Å². The lowest BCUT2D eigenvalue weighted by Crippen LogP contribution is -2.30. The quantitative estimate of drug-likeness (QED) is 0.395. The van der Waals surface area contributed by atoms with Crippen LogP contribution in [-0.4, -0.2) is 30.1 Å². The van der Waals surface area contributed by atoms with E-state index >= 15 is 0 Å². The third kappa shape index (κ3) is 5.39. The fourth-order valence-electron chi connectivity index (χ4n) is 3.33. The highest BCUT2D eigenvalue weighted by molar-refractivity contribution is 7.89. The van der Waals surface area contributed by atoms with Gasteiger partial charge in [0, 0.05) is 18.8 Å². The number of benzene rings is 2. The van der Waals surface area contributed by atoms with Gasteiger partial charge in [-0.05, 0) is 55.1 Å². The molecule has 1 amide bonds. The minimum atomic E-state index is -3.61. The van der Waals surface area contributed by atoms with E-state index in [-0.39, 0.29) is 23.4 Å². The fraction of sp³-hybridized carbons (Fsp3) is 0.167. The third-order valence-corrected chi connectivity index (χ3v) is 7.32. The summed E-state index contributed by atoms with van der Waals surface area (Å²) < 4.78 is 29.2. The first-order valence-corrected chi connectivity index (χ1v) is 12.8. The highest BCUT2D eigenvalue weighted by atomic mass is 32.2. The van der Waals surface area contributed by atoms with Crippen LogP contribution >= 0.6 is 11.3 Å². The maximum absolute atomic E-state index is 13.1. The molecule has 2 N–H and O–H groups in total. The smallest absolute Gasteiger partial charge is 0.255 e. The number of rotatable bonds is 8. The molecule has 0 atom stereocenters. The Balaban J connectivity index is 1.57. The summed E-state index contributed by atoms with van der Waals surface area (Å²) in [6.45, 7) is 3.72. The number of thiophene rings is 1. The molecule has 2 aromatic carbocycles. The first-order valence-electron chi connectivity index (χ1n) is 10.4. The summed E-state index contributed by atoms with van der Waals surface area (Å²) in [5, 5.41) is 9.49. The zero-order valence-electron chi connectivity index (χ0n) is 18.2. The minimum absolute atomic E-state index is 0.166. The van der Waals surface area contributed by atoms with Gasteiger partial charge in [-0.15, -0.1) is 11.3 Å². The van der Waals surface area contributed by atoms with E-state index in [1.165, 1.54) is 17.4 Å². The molecule has 170 valence electrons. The van der Waals surface area contributed by atoms with E-state index in [0.717, 1.165) is 10.6 Å². The number of nitrogens with one attached hydrogen (secondary N) is 2. The van der Waals surface area contributed by atoms with Crippen molar-refractivity contribution in [3.05, 3.63) is 89.4 Å². The van der Waals surface area contributed by atoms with Gasteiger partial charge in [-0.25, -0.2) is 17.8 Å². The molecule has 2 aromatic heterocycles. The summed E-state index contributed by atoms with van der Waals surface area (Å²) in [5.41, 5.74) is 2.59. The maximum atomic E-state index is 13.1. The van der Waals surface area contributed by atoms with Gasteiger partial charge in [0.15, 0.2) is 0 Å². The molecular formula is C24H24N4O3S2. The number of hydrogen-bond acceptors (Lipinski definition) is 5. The number of aromatic nitrogens is 2. The van der Waals surface area contributed by atoms with Gasteiger partial charge in [-0.2, -0.15) is 5.10 Å². The molecule has 2 heterocycles. The number of nitrogens with zero attached hydrogens (tertiary/aromatic N) is 2. The Morgan fingerprint density at radius 3 is 2.55 bits per heavy atom. The molecule has 0 saturated carbocycles. The Labute approximate surface area is 197 Å². The fourth-order valence-corrected chi connectivity index (χ4v) is 5.37. The zero-order chi connectivity index (χ0) is 23.4. The SMILES string of the molecule is CC(C)NS(=O)(=O)c1cccc(CNC(=O)c2cn(-c3ccccc3)nc2-c2cccs2)c1. The van der Waals surface area contributed by atoms with Gasteiger partial charge < -0.3 is 5.32 Å². The van der Waals surface area contributed by atoms with Crippen LogP contribution in [0.2, 0.25) is 0 Å². The molecule has 0 bridgehead atoms. The minimum Gasteiger partial charge on any atom is -0.348 e. The van der Waals surface area contributed by atoms with Crippen LogP contribution in [0.15, 0.2) is 83.2 Å². The van der Waals surface area contributed by atoms with Crippen molar-refractivity contribution in [3.8, 4) is 16.3 Å². The van der Waals surface area contributed by atoms with E-state index in [9.17, 15) is 13.2 Å². The molecule has 0 radical (unpaired) electrons. The van der Waals surface area contributed by atoms with Crippen LogP contribution in [0.25, 0.3) is 16.3 Å². The summed E-state index contributed by atoms with van der Waals surface area (Å²) in [5.74, 6) is -0.283. The van der Waals surface area contributed by atoms with Crippen molar-refractivity contribution in [2.24, 2.45) is 0 Å². The summed E-state index contributed by atoms with van der Waals surface area (Å²) in [6, 6.07) is 19.8. The Morgan fingerprint density at radius 1 is 1.06 bits per heavy atom. The summed E-state index contributed by atoms with van der Waals surface area (Å²) in [7, 11) is -3.61. The van der Waals surface area contributed by atoms with Gasteiger partial charge in [0.1, 0.15) is 5.69 Å². The molecule has 4 rings (SSSR count). The molecule has 33 heavy (non-hydrogen) atoms. The Kier molecular flexibility index (Phi) is 6.73. The predicted octanol–water partition coefficient (Wildman–Crippen LogP) is 4.22. The molecule has 7 nitrogen and oxygen atoms in total. The molecule has 0 unspecified atom stereocenters. The summed E-state index contributed by atoms with van der Waals surface area (Å²) in [4.78, 5) is 14.2. The summed E-state index contributed by atoms with van der Waals surface area (Å²) in [6.07, 6.45) is 1.72. The highest BCUT2D eigenvalue weighted by Gasteiger charge is 2.20. The van der Waals surface area contributed by atoms with Crippen LogP contribution in [-0.2, 0) is 16.6 Å². The first-order chi connectivity index (χ1) is 15.8. The molecule has 0 aliphatic rings. The lowest BCUT2D eigenvalue weighted by atomic mass is 10.2. The van der Waals surface area contributed by atoms with Crippen molar-refractivity contribution in [1.82, 2.24) is 19.8 Å². The predicted molar refractivity (Wildman–Crippen MR) is 130 cm³/mol. The third-order valence-electron chi connectivity index (χ3n) is 4.79. The van der Waals surface area contributed by atoms with Gasteiger partial charge in [-0.3, -0.25) is 4.79 Å². The van der Waals surface area contributed by atoms with E-state index in [0.29, 0.717) is 16.8 Å². The van der Waals surface area contributed by atoms with E-state index in [1.807, 2.05) is 47.8 Å². The number of amides is 1. The summed E-state index contributed by atoms with van der Waals surface area (Å²) >= 11 is 1.51. The Bertz CT molecular complexity index is 1350. The topological polar surface area (TPSA) is 93.1 Å². The highest BCUT2D eigenvalue weighted by Crippen LogP contribution is 2.28. The van der Waals surface area contributed by atoms with Crippen molar-refractivity contribution in [2.45, 2.75) is 31.3 Å². The maximum Gasteiger partial charge on any atom is 0.255 e. The second-order valence-corrected chi connectivity index (χ2v) is 10.4. The van der Waals surface area contributed by atoms with E-state index in [2.05, 4.69) is 15.1 Å². The van der Waals surface area contributed by atoms with Gasteiger partial charge in [0.2, 0.25) is 10.0 Å². The number of para-hydroxylation sites is 1. The van der Waals surface area contributed by atoms with Crippen LogP contribution in [0.1, 0.15) is 29.8 Å². The van der Waals surface area contributed by atoms with Crippen LogP contribution in [0.4, 0.5) is 0 Å². The second kappa shape index (κ2) is 9.70. The molecule has 0 fully saturated rings. The van der Waals surface area contributed by atoms with Crippen molar-refractivity contribution < 1.29 is 13.2 Å². The van der Waals surface area contributed by atoms with Crippen LogP contribution in [0, 0.1) is 0 Å². The van der Waals surface area contributed by atoms with E-state index in [4.69, 9.17) is 0 Å². The van der Waals surface area contributed by atoms with Crippen molar-refractivity contribution in [1.29, 1.82) is 0 Å². The number of sulfonamides is 1. The van der Waals surface area contributed by atoms with Crippen LogP contribution < -0.4 is 10.0 Å². The molecular weight excluding hydrogens is 456 g/mol. The van der Waals surface area contributed by atoms with Gasteiger partial charge in [-0.1, -0.05) is 36.4 Å². The Hall–Kier alpha value is -3.27. The van der Waals surface area contributed by atoms with Crippen molar-refractivity contribution in [3.63, 3.8) is 0 Å². The van der Waals surface area contributed by atoms with Gasteiger partial charge >= 0.3 is 0 Å². The van der Waals surface area contributed by atoms with E-state index in [1.54, 1.807) is 42.9 Å². The number of carbonyl (C=O) groups is 1. The zero-order valence-corrected chi connectivity index (χ0v) is 19.9. The largest absolute Gasteiger partial charge is 0.348 e. The van der Waals surface area contributed by atoms with E-state index < -0.39 is 10.0 Å². The molecule has 0 spiro atoms. The average Bonchev–Trinajstić information content (AvgIpc) is 3.47. The van der Waals surface area contributed by atoms with Crippen LogP contribution in [0.5, 0.6) is 0 Å². The van der Waals surface area contributed by atoms with Gasteiger partial charge in [0.25, 0.3) is 5.91 Å². The molecule has 9 heteroatoms.